The minimum Gasteiger partial charge on any atom is -0.388 e. The van der Waals surface area contributed by atoms with Crippen molar-refractivity contribution in [3.63, 3.8) is 0 Å². The number of carbonyl (C=O) groups excluding carboxylic acids is 1. The molecule has 1 rings (SSSR count). The van der Waals surface area contributed by atoms with Crippen LogP contribution in [0.5, 0.6) is 0 Å². The quantitative estimate of drug-likeness (QED) is 0.733. The molecule has 0 aromatic rings. The Labute approximate surface area is 97.6 Å². The van der Waals surface area contributed by atoms with Crippen molar-refractivity contribution in [2.45, 2.75) is 38.2 Å². The third-order valence-corrected chi connectivity index (χ3v) is 3.06. The summed E-state index contributed by atoms with van der Waals surface area (Å²) >= 11 is 0. The van der Waals surface area contributed by atoms with Gasteiger partial charge in [0, 0.05) is 39.0 Å². The van der Waals surface area contributed by atoms with E-state index in [2.05, 4.69) is 4.90 Å². The summed E-state index contributed by atoms with van der Waals surface area (Å²) in [6, 6.07) is 0. The van der Waals surface area contributed by atoms with Crippen LogP contribution in [0.4, 0.5) is 0 Å². The minimum absolute atomic E-state index is 0.234. The molecule has 16 heavy (non-hydrogen) atoms. The third kappa shape index (κ3) is 5.05. The zero-order chi connectivity index (χ0) is 12.0. The number of carbonyl (C=O) groups is 1. The van der Waals surface area contributed by atoms with E-state index in [4.69, 9.17) is 4.74 Å². The summed E-state index contributed by atoms with van der Waals surface area (Å²) in [5, 5.41) is 10.3. The molecule has 1 aliphatic heterocycles. The Morgan fingerprint density at radius 1 is 1.44 bits per heavy atom. The zero-order valence-corrected chi connectivity index (χ0v) is 10.4. The number of aliphatic hydroxyl groups is 1. The molecular weight excluding hydrogens is 206 g/mol. The summed E-state index contributed by atoms with van der Waals surface area (Å²) < 4.78 is 5.24. The minimum atomic E-state index is -0.594. The molecule has 4 nitrogen and oxygen atoms in total. The van der Waals surface area contributed by atoms with Gasteiger partial charge in [-0.15, -0.1) is 0 Å². The van der Waals surface area contributed by atoms with Gasteiger partial charge in [-0.1, -0.05) is 0 Å². The first kappa shape index (κ1) is 13.6. The zero-order valence-electron chi connectivity index (χ0n) is 10.4. The normalized spacial score (nSPS) is 20.0. The van der Waals surface area contributed by atoms with Crippen LogP contribution in [0.2, 0.25) is 0 Å². The van der Waals surface area contributed by atoms with Gasteiger partial charge in [0.1, 0.15) is 5.78 Å². The summed E-state index contributed by atoms with van der Waals surface area (Å²) in [4.78, 5) is 12.9. The fraction of sp³-hybridized carbons (Fsp3) is 0.917. The third-order valence-electron chi connectivity index (χ3n) is 3.06. The van der Waals surface area contributed by atoms with Crippen molar-refractivity contribution in [1.82, 2.24) is 4.90 Å². The van der Waals surface area contributed by atoms with Gasteiger partial charge in [0.25, 0.3) is 0 Å². The van der Waals surface area contributed by atoms with Gasteiger partial charge in [0.15, 0.2) is 0 Å². The van der Waals surface area contributed by atoms with E-state index in [-0.39, 0.29) is 5.78 Å². The Kier molecular flexibility index (Phi) is 5.38. The van der Waals surface area contributed by atoms with Crippen molar-refractivity contribution in [3.05, 3.63) is 0 Å². The molecule has 0 spiro atoms. The summed E-state index contributed by atoms with van der Waals surface area (Å²) in [5.74, 6) is 0.234. The molecule has 0 amide bonds. The Morgan fingerprint density at radius 3 is 2.62 bits per heavy atom. The molecule has 1 N–H and O–H groups in total. The van der Waals surface area contributed by atoms with Crippen molar-refractivity contribution in [2.75, 3.05) is 33.4 Å². The van der Waals surface area contributed by atoms with Gasteiger partial charge in [-0.3, -0.25) is 0 Å². The number of hydrogen-bond acceptors (Lipinski definition) is 4. The number of Topliss-reactive ketones (excluding diaryl/α,β-unsaturated/α-hetero) is 1. The monoisotopic (exact) mass is 229 g/mol. The van der Waals surface area contributed by atoms with Gasteiger partial charge in [0.2, 0.25) is 0 Å². The van der Waals surface area contributed by atoms with Crippen molar-refractivity contribution in [3.8, 4) is 0 Å². The Balaban J connectivity index is 2.21. The smallest absolute Gasteiger partial charge is 0.129 e. The van der Waals surface area contributed by atoms with E-state index < -0.39 is 5.60 Å². The number of nitrogens with zero attached hydrogens (tertiary/aromatic N) is 1. The van der Waals surface area contributed by atoms with Crippen LogP contribution in [-0.4, -0.2) is 54.7 Å². The van der Waals surface area contributed by atoms with E-state index in [0.29, 0.717) is 39.0 Å². The van der Waals surface area contributed by atoms with Crippen LogP contribution in [0, 0.1) is 0 Å². The van der Waals surface area contributed by atoms with Gasteiger partial charge >= 0.3 is 0 Å². The molecule has 4 heteroatoms. The number of ether oxygens (including phenoxy) is 1. The van der Waals surface area contributed by atoms with E-state index in [1.165, 1.54) is 0 Å². The predicted octanol–water partition coefficient (Wildman–Crippen LogP) is 0.829. The number of hydrogen-bond donors (Lipinski definition) is 1. The van der Waals surface area contributed by atoms with Gasteiger partial charge in [-0.25, -0.2) is 0 Å². The van der Waals surface area contributed by atoms with Crippen molar-refractivity contribution < 1.29 is 14.6 Å². The molecule has 0 aliphatic carbocycles. The van der Waals surface area contributed by atoms with Crippen LogP contribution in [0.25, 0.3) is 0 Å². The lowest BCUT2D eigenvalue weighted by Gasteiger charge is -2.35. The van der Waals surface area contributed by atoms with E-state index in [1.54, 1.807) is 6.92 Å². The molecule has 94 valence electrons. The lowest BCUT2D eigenvalue weighted by atomic mass is 9.94. The van der Waals surface area contributed by atoms with Crippen LogP contribution in [0.15, 0.2) is 0 Å². The largest absolute Gasteiger partial charge is 0.388 e. The number of likely N-dealkylation sites (N-methyl/N-ethyl adjacent to an activating group) is 1. The maximum Gasteiger partial charge on any atom is 0.129 e. The summed E-state index contributed by atoms with van der Waals surface area (Å²) in [7, 11) is 1.99. The van der Waals surface area contributed by atoms with Crippen LogP contribution in [0.1, 0.15) is 32.6 Å². The standard InChI is InChI=1S/C12H23NO3/c1-11(14)4-3-7-13(2)10-12(15)5-8-16-9-6-12/h15H,3-10H2,1-2H3. The lowest BCUT2D eigenvalue weighted by Crippen LogP contribution is -2.45. The summed E-state index contributed by atoms with van der Waals surface area (Å²) in [5.41, 5.74) is -0.594. The highest BCUT2D eigenvalue weighted by molar-refractivity contribution is 5.75. The van der Waals surface area contributed by atoms with Crippen molar-refractivity contribution in [2.24, 2.45) is 0 Å². The molecule has 0 unspecified atom stereocenters. The second-order valence-corrected chi connectivity index (χ2v) is 4.88. The van der Waals surface area contributed by atoms with Crippen LogP contribution in [0.3, 0.4) is 0 Å². The fourth-order valence-electron chi connectivity index (χ4n) is 2.09. The van der Waals surface area contributed by atoms with Crippen LogP contribution < -0.4 is 0 Å². The van der Waals surface area contributed by atoms with E-state index in [0.717, 1.165) is 13.0 Å². The Morgan fingerprint density at radius 2 is 2.06 bits per heavy atom. The second kappa shape index (κ2) is 6.33. The Hall–Kier alpha value is -0.450. The molecule has 1 fully saturated rings. The molecule has 0 bridgehead atoms. The second-order valence-electron chi connectivity index (χ2n) is 4.88. The predicted molar refractivity (Wildman–Crippen MR) is 62.4 cm³/mol. The van der Waals surface area contributed by atoms with Crippen LogP contribution >= 0.6 is 0 Å². The van der Waals surface area contributed by atoms with Gasteiger partial charge < -0.3 is 19.5 Å². The number of rotatable bonds is 6. The fourth-order valence-corrected chi connectivity index (χ4v) is 2.09. The van der Waals surface area contributed by atoms with Crippen molar-refractivity contribution >= 4 is 5.78 Å². The topological polar surface area (TPSA) is 49.8 Å². The molecule has 0 aromatic heterocycles. The van der Waals surface area contributed by atoms with Crippen molar-refractivity contribution in [1.29, 1.82) is 0 Å². The average Bonchev–Trinajstić information content (AvgIpc) is 2.17. The molecule has 1 heterocycles. The molecule has 1 aliphatic rings. The highest BCUT2D eigenvalue weighted by atomic mass is 16.5. The SMILES string of the molecule is CC(=O)CCCN(C)CC1(O)CCOCC1. The maximum absolute atomic E-state index is 10.8. The number of ketones is 1. The van der Waals surface area contributed by atoms with Gasteiger partial charge in [-0.2, -0.15) is 0 Å². The van der Waals surface area contributed by atoms with Gasteiger partial charge in [-0.05, 0) is 26.9 Å². The molecule has 0 aromatic carbocycles. The van der Waals surface area contributed by atoms with E-state index in [1.807, 2.05) is 7.05 Å². The van der Waals surface area contributed by atoms with Crippen LogP contribution in [-0.2, 0) is 9.53 Å². The molecule has 0 atom stereocenters. The summed E-state index contributed by atoms with van der Waals surface area (Å²) in [6.07, 6.45) is 2.93. The highest BCUT2D eigenvalue weighted by Gasteiger charge is 2.30. The first-order valence-electron chi connectivity index (χ1n) is 6.00. The lowest BCUT2D eigenvalue weighted by molar-refractivity contribution is -0.117. The highest BCUT2D eigenvalue weighted by Crippen LogP contribution is 2.21. The van der Waals surface area contributed by atoms with Gasteiger partial charge in [0.05, 0.1) is 5.60 Å². The molecule has 1 saturated heterocycles. The van der Waals surface area contributed by atoms with E-state index >= 15 is 0 Å². The molecular formula is C12H23NO3. The average molecular weight is 229 g/mol. The summed E-state index contributed by atoms with van der Waals surface area (Å²) in [6.45, 7) is 4.46. The Bertz CT molecular complexity index is 224. The van der Waals surface area contributed by atoms with E-state index in [9.17, 15) is 9.90 Å². The molecule has 0 radical (unpaired) electrons. The first-order valence-corrected chi connectivity index (χ1v) is 6.00. The molecule has 0 saturated carbocycles. The maximum atomic E-state index is 10.8. The first-order chi connectivity index (χ1) is 7.52.